The van der Waals surface area contributed by atoms with Crippen LogP contribution < -0.4 is 5.73 Å². The number of carbonyl (C=O) groups is 1. The van der Waals surface area contributed by atoms with Crippen molar-refractivity contribution in [1.29, 1.82) is 0 Å². The van der Waals surface area contributed by atoms with Crippen LogP contribution in [-0.2, 0) is 17.9 Å². The lowest BCUT2D eigenvalue weighted by molar-refractivity contribution is -0.133. The first kappa shape index (κ1) is 12.0. The van der Waals surface area contributed by atoms with Crippen molar-refractivity contribution in [3.05, 3.63) is 12.2 Å². The number of nitrogens with two attached hydrogens (primary N) is 1. The highest BCUT2D eigenvalue weighted by Crippen LogP contribution is 2.12. The normalized spacial score (nSPS) is 16.7. The van der Waals surface area contributed by atoms with Crippen LogP contribution in [0.3, 0.4) is 0 Å². The first-order valence-corrected chi connectivity index (χ1v) is 6.05. The van der Waals surface area contributed by atoms with Gasteiger partial charge in [-0.25, -0.2) is 0 Å². The maximum Gasteiger partial charge on any atom is 0.223 e. The maximum atomic E-state index is 12.0. The average Bonchev–Trinajstić information content (AvgIpc) is 2.82. The third kappa shape index (κ3) is 2.82. The molecule has 0 bridgehead atoms. The van der Waals surface area contributed by atoms with Crippen molar-refractivity contribution in [2.75, 3.05) is 13.1 Å². The zero-order valence-electron chi connectivity index (χ0n) is 10.2. The summed E-state index contributed by atoms with van der Waals surface area (Å²) in [4.78, 5) is 13.8. The van der Waals surface area contributed by atoms with Gasteiger partial charge in [0.2, 0.25) is 5.91 Å². The molecule has 1 amide bonds. The molecule has 1 atom stereocenters. The largest absolute Gasteiger partial charge is 0.333 e. The van der Waals surface area contributed by atoms with Crippen molar-refractivity contribution in [3.63, 3.8) is 0 Å². The molecule has 0 aromatic carbocycles. The fraction of sp³-hybridized carbons (Fsp3) is 0.727. The molecule has 0 aliphatic carbocycles. The second kappa shape index (κ2) is 5.27. The van der Waals surface area contributed by atoms with Crippen molar-refractivity contribution in [1.82, 2.24) is 19.7 Å². The van der Waals surface area contributed by atoms with Gasteiger partial charge in [-0.3, -0.25) is 4.79 Å². The van der Waals surface area contributed by atoms with Gasteiger partial charge in [0.1, 0.15) is 6.33 Å². The summed E-state index contributed by atoms with van der Waals surface area (Å²) in [6.45, 7) is 4.83. The Balaban J connectivity index is 1.86. The predicted octanol–water partition coefficient (Wildman–Crippen LogP) is -0.00470. The fourth-order valence-corrected chi connectivity index (χ4v) is 1.93. The van der Waals surface area contributed by atoms with Gasteiger partial charge in [0.15, 0.2) is 5.82 Å². The lowest BCUT2D eigenvalue weighted by Gasteiger charge is -2.27. The van der Waals surface area contributed by atoms with Gasteiger partial charge in [-0.05, 0) is 18.9 Å². The Hall–Kier alpha value is -1.43. The molecule has 2 heterocycles. The molecular weight excluding hydrogens is 218 g/mol. The van der Waals surface area contributed by atoms with Gasteiger partial charge in [0, 0.05) is 19.5 Å². The van der Waals surface area contributed by atoms with E-state index < -0.39 is 0 Å². The number of nitrogens with zero attached hydrogens (tertiary/aromatic N) is 4. The zero-order valence-corrected chi connectivity index (χ0v) is 10.2. The van der Waals surface area contributed by atoms with Crippen LogP contribution in [0, 0.1) is 5.92 Å². The Morgan fingerprint density at radius 2 is 2.41 bits per heavy atom. The molecule has 1 aromatic heterocycles. The Kier molecular flexibility index (Phi) is 3.73. The van der Waals surface area contributed by atoms with Gasteiger partial charge >= 0.3 is 0 Å². The molecule has 0 radical (unpaired) electrons. The molecule has 2 N–H and O–H groups in total. The van der Waals surface area contributed by atoms with E-state index in [1.807, 2.05) is 9.47 Å². The minimum atomic E-state index is 0.194. The first-order chi connectivity index (χ1) is 8.20. The molecule has 0 saturated carbocycles. The highest BCUT2D eigenvalue weighted by Gasteiger charge is 2.21. The van der Waals surface area contributed by atoms with Gasteiger partial charge in [-0.1, -0.05) is 6.92 Å². The number of rotatable bonds is 4. The summed E-state index contributed by atoms with van der Waals surface area (Å²) < 4.78 is 1.99. The Labute approximate surface area is 101 Å². The van der Waals surface area contributed by atoms with E-state index in [1.54, 1.807) is 6.33 Å². The van der Waals surface area contributed by atoms with Crippen LogP contribution in [0.15, 0.2) is 6.33 Å². The summed E-state index contributed by atoms with van der Waals surface area (Å²) in [7, 11) is 0. The molecule has 1 aliphatic rings. The fourth-order valence-electron chi connectivity index (χ4n) is 1.93. The van der Waals surface area contributed by atoms with Crippen LogP contribution in [0.4, 0.5) is 0 Å². The minimum Gasteiger partial charge on any atom is -0.333 e. The second-order valence-electron chi connectivity index (χ2n) is 4.64. The summed E-state index contributed by atoms with van der Waals surface area (Å²) in [5, 5.41) is 7.84. The van der Waals surface area contributed by atoms with Crippen LogP contribution in [0.1, 0.15) is 25.6 Å². The number of aromatic nitrogens is 3. The molecule has 1 aromatic rings. The van der Waals surface area contributed by atoms with E-state index in [9.17, 15) is 4.79 Å². The smallest absolute Gasteiger partial charge is 0.223 e. The van der Waals surface area contributed by atoms with Crippen molar-refractivity contribution in [2.24, 2.45) is 11.7 Å². The van der Waals surface area contributed by atoms with E-state index in [4.69, 9.17) is 5.73 Å². The molecule has 94 valence electrons. The predicted molar refractivity (Wildman–Crippen MR) is 62.9 cm³/mol. The third-order valence-electron chi connectivity index (χ3n) is 3.24. The molecule has 0 fully saturated rings. The molecule has 17 heavy (non-hydrogen) atoms. The van der Waals surface area contributed by atoms with Gasteiger partial charge in [0.25, 0.3) is 0 Å². The highest BCUT2D eigenvalue weighted by atomic mass is 16.2. The Morgan fingerprint density at radius 1 is 1.59 bits per heavy atom. The van der Waals surface area contributed by atoms with E-state index in [2.05, 4.69) is 17.1 Å². The lowest BCUT2D eigenvalue weighted by atomic mass is 10.1. The number of hydrogen-bond acceptors (Lipinski definition) is 4. The van der Waals surface area contributed by atoms with E-state index in [0.717, 1.165) is 25.3 Å². The van der Waals surface area contributed by atoms with E-state index in [-0.39, 0.29) is 5.91 Å². The number of fused-ring (bicyclic) bond motifs is 1. The van der Waals surface area contributed by atoms with Crippen LogP contribution in [0.5, 0.6) is 0 Å². The summed E-state index contributed by atoms with van der Waals surface area (Å²) in [5.74, 6) is 1.48. The number of amides is 1. The van der Waals surface area contributed by atoms with E-state index in [1.165, 1.54) is 0 Å². The summed E-state index contributed by atoms with van der Waals surface area (Å²) in [6, 6.07) is 0. The molecule has 0 saturated heterocycles. The topological polar surface area (TPSA) is 77.0 Å². The SMILES string of the molecule is CC(CN)CCC(=O)N1CCn2cnnc2C1. The first-order valence-electron chi connectivity index (χ1n) is 6.05. The standard InChI is InChI=1S/C11H19N5O/c1-9(6-12)2-3-11(17)15-4-5-16-8-13-14-10(16)7-15/h8-9H,2-7,12H2,1H3. The van der Waals surface area contributed by atoms with Crippen LogP contribution in [0.2, 0.25) is 0 Å². The molecule has 2 rings (SSSR count). The maximum absolute atomic E-state index is 12.0. The molecular formula is C11H19N5O. The van der Waals surface area contributed by atoms with E-state index in [0.29, 0.717) is 25.4 Å². The van der Waals surface area contributed by atoms with Gasteiger partial charge in [-0.2, -0.15) is 0 Å². The van der Waals surface area contributed by atoms with Crippen molar-refractivity contribution in [2.45, 2.75) is 32.9 Å². The van der Waals surface area contributed by atoms with Crippen LogP contribution >= 0.6 is 0 Å². The third-order valence-corrected chi connectivity index (χ3v) is 3.24. The van der Waals surface area contributed by atoms with Gasteiger partial charge in [0.05, 0.1) is 6.54 Å². The Bertz CT molecular complexity index is 389. The van der Waals surface area contributed by atoms with E-state index >= 15 is 0 Å². The summed E-state index contributed by atoms with van der Waals surface area (Å²) in [6.07, 6.45) is 3.15. The minimum absolute atomic E-state index is 0.194. The monoisotopic (exact) mass is 237 g/mol. The quantitative estimate of drug-likeness (QED) is 0.799. The molecule has 6 nitrogen and oxygen atoms in total. The Morgan fingerprint density at radius 3 is 3.18 bits per heavy atom. The molecule has 1 aliphatic heterocycles. The second-order valence-corrected chi connectivity index (χ2v) is 4.64. The summed E-state index contributed by atoms with van der Waals surface area (Å²) in [5.41, 5.74) is 5.54. The lowest BCUT2D eigenvalue weighted by Crippen LogP contribution is -2.38. The number of carbonyl (C=O) groups excluding carboxylic acids is 1. The molecule has 6 heteroatoms. The number of hydrogen-bond donors (Lipinski definition) is 1. The van der Waals surface area contributed by atoms with Crippen LogP contribution in [-0.4, -0.2) is 38.7 Å². The molecule has 0 spiro atoms. The van der Waals surface area contributed by atoms with Crippen LogP contribution in [0.25, 0.3) is 0 Å². The highest BCUT2D eigenvalue weighted by molar-refractivity contribution is 5.76. The van der Waals surface area contributed by atoms with Crippen molar-refractivity contribution in [3.8, 4) is 0 Å². The molecule has 1 unspecified atom stereocenters. The van der Waals surface area contributed by atoms with Gasteiger partial charge in [-0.15, -0.1) is 10.2 Å². The van der Waals surface area contributed by atoms with Crippen molar-refractivity contribution < 1.29 is 4.79 Å². The zero-order chi connectivity index (χ0) is 12.3. The van der Waals surface area contributed by atoms with Gasteiger partial charge < -0.3 is 15.2 Å². The summed E-state index contributed by atoms with van der Waals surface area (Å²) >= 11 is 0. The van der Waals surface area contributed by atoms with Crippen molar-refractivity contribution >= 4 is 5.91 Å². The average molecular weight is 237 g/mol.